The monoisotopic (exact) mass is 230 g/mol. The van der Waals surface area contributed by atoms with Crippen molar-refractivity contribution in [3.05, 3.63) is 48.0 Å². The molecule has 0 radical (unpaired) electrons. The van der Waals surface area contributed by atoms with Gasteiger partial charge >= 0.3 is 0 Å². The van der Waals surface area contributed by atoms with Gasteiger partial charge in [0.05, 0.1) is 6.10 Å². The van der Waals surface area contributed by atoms with Crippen LogP contribution in [0, 0.1) is 0 Å². The summed E-state index contributed by atoms with van der Waals surface area (Å²) in [6, 6.07) is 14.1. The molecular weight excluding hydrogens is 212 g/mol. The van der Waals surface area contributed by atoms with Crippen LogP contribution in [-0.2, 0) is 10.3 Å². The lowest BCUT2D eigenvalue weighted by atomic mass is 9.89. The van der Waals surface area contributed by atoms with E-state index in [0.29, 0.717) is 0 Å². The highest BCUT2D eigenvalue weighted by Crippen LogP contribution is 2.28. The van der Waals surface area contributed by atoms with Gasteiger partial charge in [0, 0.05) is 7.11 Å². The van der Waals surface area contributed by atoms with E-state index in [2.05, 4.69) is 6.07 Å². The van der Waals surface area contributed by atoms with Crippen LogP contribution in [-0.4, -0.2) is 18.3 Å². The summed E-state index contributed by atoms with van der Waals surface area (Å²) in [6.45, 7) is 3.65. The summed E-state index contributed by atoms with van der Waals surface area (Å²) in [5.41, 5.74) is -0.0933. The molecule has 0 aliphatic rings. The molecule has 0 saturated heterocycles. The SMILES string of the molecule is COC(C)C(C)(O)c1ccc2ccccc2c1. The van der Waals surface area contributed by atoms with E-state index in [1.807, 2.05) is 43.3 Å². The van der Waals surface area contributed by atoms with Crippen molar-refractivity contribution < 1.29 is 9.84 Å². The third-order valence-electron chi connectivity index (χ3n) is 3.48. The fourth-order valence-electron chi connectivity index (χ4n) is 1.97. The van der Waals surface area contributed by atoms with Gasteiger partial charge in [-0.15, -0.1) is 0 Å². The first-order chi connectivity index (χ1) is 8.05. The normalized spacial score (nSPS) is 16.7. The zero-order chi connectivity index (χ0) is 12.5. The summed E-state index contributed by atoms with van der Waals surface area (Å²) in [7, 11) is 1.61. The summed E-state index contributed by atoms with van der Waals surface area (Å²) in [5, 5.41) is 12.8. The maximum absolute atomic E-state index is 10.5. The smallest absolute Gasteiger partial charge is 0.113 e. The number of ether oxygens (including phenoxy) is 1. The fourth-order valence-corrected chi connectivity index (χ4v) is 1.97. The van der Waals surface area contributed by atoms with Crippen molar-refractivity contribution in [3.63, 3.8) is 0 Å². The van der Waals surface area contributed by atoms with Crippen molar-refractivity contribution in [1.29, 1.82) is 0 Å². The van der Waals surface area contributed by atoms with Crippen LogP contribution in [0.1, 0.15) is 19.4 Å². The summed E-state index contributed by atoms with van der Waals surface area (Å²) in [6.07, 6.45) is -0.247. The van der Waals surface area contributed by atoms with E-state index >= 15 is 0 Å². The Labute approximate surface area is 102 Å². The molecule has 0 aromatic heterocycles. The Hall–Kier alpha value is -1.38. The van der Waals surface area contributed by atoms with Gasteiger partial charge in [-0.1, -0.05) is 36.4 Å². The van der Waals surface area contributed by atoms with Gasteiger partial charge in [-0.05, 0) is 36.2 Å². The van der Waals surface area contributed by atoms with Crippen molar-refractivity contribution in [3.8, 4) is 0 Å². The van der Waals surface area contributed by atoms with E-state index < -0.39 is 5.60 Å². The molecule has 0 fully saturated rings. The molecule has 0 aliphatic carbocycles. The number of hydrogen-bond acceptors (Lipinski definition) is 2. The Morgan fingerprint density at radius 3 is 2.41 bits per heavy atom. The maximum Gasteiger partial charge on any atom is 0.113 e. The molecule has 2 rings (SSSR count). The summed E-state index contributed by atoms with van der Waals surface area (Å²) in [4.78, 5) is 0. The number of hydrogen-bond donors (Lipinski definition) is 1. The van der Waals surface area contributed by atoms with E-state index in [0.717, 1.165) is 10.9 Å². The van der Waals surface area contributed by atoms with Crippen LogP contribution in [0.15, 0.2) is 42.5 Å². The van der Waals surface area contributed by atoms with Gasteiger partial charge in [-0.25, -0.2) is 0 Å². The van der Waals surface area contributed by atoms with Crippen LogP contribution in [0.2, 0.25) is 0 Å². The van der Waals surface area contributed by atoms with Crippen LogP contribution in [0.4, 0.5) is 0 Å². The molecule has 90 valence electrons. The van der Waals surface area contributed by atoms with Gasteiger partial charge in [-0.2, -0.15) is 0 Å². The zero-order valence-corrected chi connectivity index (χ0v) is 10.5. The highest BCUT2D eigenvalue weighted by atomic mass is 16.5. The van der Waals surface area contributed by atoms with Gasteiger partial charge in [-0.3, -0.25) is 0 Å². The molecular formula is C15H18O2. The van der Waals surface area contributed by atoms with Crippen molar-refractivity contribution in [1.82, 2.24) is 0 Å². The van der Waals surface area contributed by atoms with Gasteiger partial charge in [0.1, 0.15) is 5.60 Å². The Balaban J connectivity index is 2.49. The van der Waals surface area contributed by atoms with Crippen LogP contribution in [0.25, 0.3) is 10.8 Å². The van der Waals surface area contributed by atoms with Crippen LogP contribution >= 0.6 is 0 Å². The fraction of sp³-hybridized carbons (Fsp3) is 0.333. The van der Waals surface area contributed by atoms with E-state index in [-0.39, 0.29) is 6.10 Å². The quantitative estimate of drug-likeness (QED) is 0.878. The van der Waals surface area contributed by atoms with E-state index in [1.165, 1.54) is 5.39 Å². The molecule has 0 saturated carbocycles. The van der Waals surface area contributed by atoms with Gasteiger partial charge in [0.25, 0.3) is 0 Å². The average molecular weight is 230 g/mol. The lowest BCUT2D eigenvalue weighted by Crippen LogP contribution is -2.35. The number of rotatable bonds is 3. The second kappa shape index (κ2) is 4.47. The molecule has 17 heavy (non-hydrogen) atoms. The standard InChI is InChI=1S/C15H18O2/c1-11(17-3)15(2,16)14-9-8-12-6-4-5-7-13(12)10-14/h4-11,16H,1-3H3. The predicted octanol–water partition coefficient (Wildman–Crippen LogP) is 3.08. The molecule has 2 nitrogen and oxygen atoms in total. The van der Waals surface area contributed by atoms with E-state index in [9.17, 15) is 5.11 Å². The number of methoxy groups -OCH3 is 1. The van der Waals surface area contributed by atoms with E-state index in [1.54, 1.807) is 14.0 Å². The topological polar surface area (TPSA) is 29.5 Å². The lowest BCUT2D eigenvalue weighted by Gasteiger charge is -2.29. The summed E-state index contributed by atoms with van der Waals surface area (Å²) >= 11 is 0. The minimum Gasteiger partial charge on any atom is -0.383 e. The minimum atomic E-state index is -0.973. The molecule has 0 spiro atoms. The summed E-state index contributed by atoms with van der Waals surface area (Å²) < 4.78 is 5.23. The first kappa shape index (κ1) is 12.1. The highest BCUT2D eigenvalue weighted by Gasteiger charge is 2.30. The molecule has 0 aliphatic heterocycles. The first-order valence-corrected chi connectivity index (χ1v) is 5.80. The van der Waals surface area contributed by atoms with Crippen LogP contribution < -0.4 is 0 Å². The maximum atomic E-state index is 10.5. The molecule has 2 aromatic carbocycles. The highest BCUT2D eigenvalue weighted by molar-refractivity contribution is 5.83. The third-order valence-corrected chi connectivity index (χ3v) is 3.48. The van der Waals surface area contributed by atoms with Crippen LogP contribution in [0.5, 0.6) is 0 Å². The van der Waals surface area contributed by atoms with Crippen molar-refractivity contribution in [2.75, 3.05) is 7.11 Å². The van der Waals surface area contributed by atoms with Crippen molar-refractivity contribution in [2.45, 2.75) is 25.6 Å². The second-order valence-electron chi connectivity index (χ2n) is 4.59. The van der Waals surface area contributed by atoms with Gasteiger partial charge in [0.15, 0.2) is 0 Å². The van der Waals surface area contributed by atoms with Crippen LogP contribution in [0.3, 0.4) is 0 Å². The molecule has 0 heterocycles. The Bertz CT molecular complexity index is 517. The van der Waals surface area contributed by atoms with Gasteiger partial charge < -0.3 is 9.84 Å². The first-order valence-electron chi connectivity index (χ1n) is 5.80. The lowest BCUT2D eigenvalue weighted by molar-refractivity contribution is -0.0771. The predicted molar refractivity (Wildman–Crippen MR) is 70.0 cm³/mol. The Kier molecular flexibility index (Phi) is 3.18. The molecule has 0 amide bonds. The molecule has 1 N–H and O–H groups in total. The summed E-state index contributed by atoms with van der Waals surface area (Å²) in [5.74, 6) is 0. The molecule has 0 bridgehead atoms. The minimum absolute atomic E-state index is 0.247. The number of benzene rings is 2. The molecule has 2 heteroatoms. The third kappa shape index (κ3) is 2.19. The van der Waals surface area contributed by atoms with E-state index in [4.69, 9.17) is 4.74 Å². The Morgan fingerprint density at radius 1 is 1.12 bits per heavy atom. The average Bonchev–Trinajstić information content (AvgIpc) is 2.37. The zero-order valence-electron chi connectivity index (χ0n) is 10.5. The molecule has 2 atom stereocenters. The molecule has 2 aromatic rings. The Morgan fingerprint density at radius 2 is 1.76 bits per heavy atom. The second-order valence-corrected chi connectivity index (χ2v) is 4.59. The van der Waals surface area contributed by atoms with Crippen molar-refractivity contribution in [2.24, 2.45) is 0 Å². The largest absolute Gasteiger partial charge is 0.383 e. The molecule has 2 unspecified atom stereocenters. The number of fused-ring (bicyclic) bond motifs is 1. The van der Waals surface area contributed by atoms with Crippen molar-refractivity contribution >= 4 is 10.8 Å². The number of aliphatic hydroxyl groups is 1. The van der Waals surface area contributed by atoms with Gasteiger partial charge in [0.2, 0.25) is 0 Å².